The monoisotopic (exact) mass is 265 g/mol. The van der Waals surface area contributed by atoms with Crippen LogP contribution in [0.25, 0.3) is 0 Å². The predicted octanol–water partition coefficient (Wildman–Crippen LogP) is 3.63. The predicted molar refractivity (Wildman–Crippen MR) is 74.1 cm³/mol. The maximum absolute atomic E-state index is 6.25. The Hall–Kier alpha value is -0.730. The molecule has 1 aromatic carbocycles. The molecule has 0 aliphatic heterocycles. The zero-order valence-electron chi connectivity index (χ0n) is 10.8. The third-order valence-corrected chi connectivity index (χ3v) is 4.58. The van der Waals surface area contributed by atoms with Crippen LogP contribution in [-0.4, -0.2) is 13.2 Å². The third-order valence-electron chi connectivity index (χ3n) is 4.34. The summed E-state index contributed by atoms with van der Waals surface area (Å²) in [6, 6.07) is 5.94. The van der Waals surface area contributed by atoms with Crippen molar-refractivity contribution >= 4 is 11.6 Å². The Kier molecular flexibility index (Phi) is 3.49. The summed E-state index contributed by atoms with van der Waals surface area (Å²) in [4.78, 5) is 0. The van der Waals surface area contributed by atoms with Crippen LogP contribution >= 0.6 is 11.6 Å². The van der Waals surface area contributed by atoms with Crippen LogP contribution in [0.2, 0.25) is 5.02 Å². The van der Waals surface area contributed by atoms with Gasteiger partial charge in [0.25, 0.3) is 0 Å². The number of fused-ring (bicyclic) bond motifs is 2. The van der Waals surface area contributed by atoms with Gasteiger partial charge in [-0.3, -0.25) is 0 Å². The van der Waals surface area contributed by atoms with E-state index < -0.39 is 0 Å². The van der Waals surface area contributed by atoms with Crippen LogP contribution in [0.1, 0.15) is 31.2 Å². The van der Waals surface area contributed by atoms with E-state index in [4.69, 9.17) is 16.3 Å². The number of hydrogen-bond acceptors (Lipinski definition) is 2. The Bertz CT molecular complexity index is 435. The normalized spacial score (nSPS) is 29.8. The molecule has 1 N–H and O–H groups in total. The van der Waals surface area contributed by atoms with Crippen LogP contribution in [0.3, 0.4) is 0 Å². The summed E-state index contributed by atoms with van der Waals surface area (Å²) in [5.41, 5.74) is 1.16. The molecule has 0 radical (unpaired) electrons. The molecule has 98 valence electrons. The van der Waals surface area contributed by atoms with Gasteiger partial charge in [0.05, 0.1) is 0 Å². The number of hydrogen-bond donors (Lipinski definition) is 1. The fourth-order valence-corrected chi connectivity index (χ4v) is 3.68. The Morgan fingerprint density at radius 3 is 2.89 bits per heavy atom. The average molecular weight is 266 g/mol. The van der Waals surface area contributed by atoms with E-state index >= 15 is 0 Å². The van der Waals surface area contributed by atoms with Gasteiger partial charge in [-0.25, -0.2) is 0 Å². The molecule has 3 heteroatoms. The van der Waals surface area contributed by atoms with Crippen molar-refractivity contribution in [3.8, 4) is 5.75 Å². The van der Waals surface area contributed by atoms with Crippen LogP contribution in [0.4, 0.5) is 0 Å². The van der Waals surface area contributed by atoms with Crippen molar-refractivity contribution in [3.63, 3.8) is 0 Å². The molecule has 0 heterocycles. The highest BCUT2D eigenvalue weighted by atomic mass is 35.5. The highest BCUT2D eigenvalue weighted by molar-refractivity contribution is 6.30. The van der Waals surface area contributed by atoms with Gasteiger partial charge in [-0.15, -0.1) is 0 Å². The molecule has 18 heavy (non-hydrogen) atoms. The molecular weight excluding hydrogens is 246 g/mol. The van der Waals surface area contributed by atoms with E-state index in [2.05, 4.69) is 5.32 Å². The summed E-state index contributed by atoms with van der Waals surface area (Å²) in [5, 5.41) is 3.95. The van der Waals surface area contributed by atoms with Gasteiger partial charge < -0.3 is 10.1 Å². The van der Waals surface area contributed by atoms with Gasteiger partial charge in [0, 0.05) is 17.1 Å². The average Bonchev–Trinajstić information content (AvgIpc) is 2.95. The first-order valence-electron chi connectivity index (χ1n) is 6.86. The molecule has 2 fully saturated rings. The molecule has 2 nitrogen and oxygen atoms in total. The van der Waals surface area contributed by atoms with Crippen molar-refractivity contribution in [2.75, 3.05) is 7.05 Å². The molecule has 2 saturated carbocycles. The molecule has 0 amide bonds. The second kappa shape index (κ2) is 5.10. The largest absolute Gasteiger partial charge is 0.490 e. The number of rotatable bonds is 4. The Morgan fingerprint density at radius 2 is 2.22 bits per heavy atom. The van der Waals surface area contributed by atoms with E-state index in [1.165, 1.54) is 25.7 Å². The zero-order valence-corrected chi connectivity index (χ0v) is 11.5. The molecular formula is C15H20ClNO. The second-order valence-electron chi connectivity index (χ2n) is 5.61. The van der Waals surface area contributed by atoms with E-state index in [9.17, 15) is 0 Å². The summed E-state index contributed by atoms with van der Waals surface area (Å²) >= 11 is 6.05. The lowest BCUT2D eigenvalue weighted by Gasteiger charge is -2.24. The van der Waals surface area contributed by atoms with E-state index in [-0.39, 0.29) is 0 Å². The summed E-state index contributed by atoms with van der Waals surface area (Å²) < 4.78 is 6.25. The Morgan fingerprint density at radius 1 is 1.33 bits per heavy atom. The van der Waals surface area contributed by atoms with Gasteiger partial charge in [-0.1, -0.05) is 11.6 Å². The summed E-state index contributed by atoms with van der Waals surface area (Å²) in [6.07, 6.45) is 5.81. The molecule has 3 atom stereocenters. The Balaban J connectivity index is 1.75. The molecule has 3 unspecified atom stereocenters. The lowest BCUT2D eigenvalue weighted by molar-refractivity contribution is 0.137. The number of halogens is 1. The van der Waals surface area contributed by atoms with Crippen LogP contribution in [0.15, 0.2) is 18.2 Å². The van der Waals surface area contributed by atoms with Gasteiger partial charge in [0.2, 0.25) is 0 Å². The molecule has 0 saturated heterocycles. The summed E-state index contributed by atoms with van der Waals surface area (Å²) in [7, 11) is 1.95. The van der Waals surface area contributed by atoms with Crippen LogP contribution in [0.5, 0.6) is 5.75 Å². The van der Waals surface area contributed by atoms with Gasteiger partial charge >= 0.3 is 0 Å². The summed E-state index contributed by atoms with van der Waals surface area (Å²) in [6.45, 7) is 0.802. The highest BCUT2D eigenvalue weighted by Gasteiger charge is 2.41. The van der Waals surface area contributed by atoms with Gasteiger partial charge in [-0.2, -0.15) is 0 Å². The lowest BCUT2D eigenvalue weighted by atomic mass is 9.97. The smallest absolute Gasteiger partial charge is 0.124 e. The third kappa shape index (κ3) is 2.36. The van der Waals surface area contributed by atoms with Crippen molar-refractivity contribution in [1.82, 2.24) is 5.32 Å². The first-order chi connectivity index (χ1) is 8.76. The molecule has 2 aliphatic rings. The fraction of sp³-hybridized carbons (Fsp3) is 0.600. The number of nitrogens with one attached hydrogen (secondary N) is 1. The SMILES string of the molecule is CNCc1cc(Cl)ccc1OC1CC2CCC1C2. The maximum atomic E-state index is 6.25. The highest BCUT2D eigenvalue weighted by Crippen LogP contribution is 2.46. The second-order valence-corrected chi connectivity index (χ2v) is 6.05. The number of benzene rings is 1. The minimum absolute atomic E-state index is 0.431. The van der Waals surface area contributed by atoms with E-state index in [1.807, 2.05) is 25.2 Å². The zero-order chi connectivity index (χ0) is 12.5. The van der Waals surface area contributed by atoms with Crippen LogP contribution in [0, 0.1) is 11.8 Å². The van der Waals surface area contributed by atoms with Gasteiger partial charge in [-0.05, 0) is 62.8 Å². The first-order valence-corrected chi connectivity index (χ1v) is 7.23. The van der Waals surface area contributed by atoms with Crippen molar-refractivity contribution in [2.24, 2.45) is 11.8 Å². The maximum Gasteiger partial charge on any atom is 0.124 e. The van der Waals surface area contributed by atoms with Crippen LogP contribution < -0.4 is 10.1 Å². The van der Waals surface area contributed by atoms with Gasteiger partial charge in [0.15, 0.2) is 0 Å². The molecule has 2 aliphatic carbocycles. The standard InChI is InChI=1S/C15H20ClNO/c1-17-9-12-8-13(16)4-5-14(12)18-15-7-10-2-3-11(15)6-10/h4-5,8,10-11,15,17H,2-3,6-7,9H2,1H3. The van der Waals surface area contributed by atoms with E-state index in [0.717, 1.165) is 34.7 Å². The lowest BCUT2D eigenvalue weighted by Crippen LogP contribution is -2.24. The molecule has 0 spiro atoms. The first kappa shape index (κ1) is 12.3. The quantitative estimate of drug-likeness (QED) is 0.898. The van der Waals surface area contributed by atoms with Crippen molar-refractivity contribution in [2.45, 2.75) is 38.3 Å². The topological polar surface area (TPSA) is 21.3 Å². The Labute approximate surface area is 114 Å². The molecule has 1 aromatic rings. The summed E-state index contributed by atoms with van der Waals surface area (Å²) in [5.74, 6) is 2.71. The van der Waals surface area contributed by atoms with Crippen molar-refractivity contribution < 1.29 is 4.74 Å². The molecule has 0 aromatic heterocycles. The number of ether oxygens (including phenoxy) is 1. The van der Waals surface area contributed by atoms with Crippen molar-refractivity contribution in [3.05, 3.63) is 28.8 Å². The fourth-order valence-electron chi connectivity index (χ4n) is 3.49. The van der Waals surface area contributed by atoms with E-state index in [1.54, 1.807) is 0 Å². The van der Waals surface area contributed by atoms with Gasteiger partial charge in [0.1, 0.15) is 11.9 Å². The van der Waals surface area contributed by atoms with Crippen LogP contribution in [-0.2, 0) is 6.54 Å². The molecule has 3 rings (SSSR count). The van der Waals surface area contributed by atoms with E-state index in [0.29, 0.717) is 6.10 Å². The minimum Gasteiger partial charge on any atom is -0.490 e. The van der Waals surface area contributed by atoms with Crippen molar-refractivity contribution in [1.29, 1.82) is 0 Å². The minimum atomic E-state index is 0.431. The molecule has 2 bridgehead atoms.